The minimum Gasteiger partial charge on any atom is -0.200 e. The summed E-state index contributed by atoms with van der Waals surface area (Å²) < 4.78 is 50.2. The van der Waals surface area contributed by atoms with Crippen LogP contribution in [0.3, 0.4) is 0 Å². The summed E-state index contributed by atoms with van der Waals surface area (Å²) in [4.78, 5) is 0. The van der Waals surface area contributed by atoms with Gasteiger partial charge in [-0.2, -0.15) is 17.6 Å². The molecule has 0 heterocycles. The van der Waals surface area contributed by atoms with Gasteiger partial charge in [-0.05, 0) is 13.8 Å². The number of halogens is 4. The van der Waals surface area contributed by atoms with Gasteiger partial charge < -0.3 is 0 Å². The molecule has 1 fully saturated rings. The first-order chi connectivity index (χ1) is 5.27. The van der Waals surface area contributed by atoms with Crippen LogP contribution in [0.15, 0.2) is 12.2 Å². The molecule has 0 amide bonds. The maximum absolute atomic E-state index is 12.8. The summed E-state index contributed by atoms with van der Waals surface area (Å²) in [5, 5.41) is 0. The summed E-state index contributed by atoms with van der Waals surface area (Å²) >= 11 is 0. The van der Waals surface area contributed by atoms with Crippen molar-refractivity contribution in [1.82, 2.24) is 0 Å². The van der Waals surface area contributed by atoms with Gasteiger partial charge in [-0.3, -0.25) is 0 Å². The maximum Gasteiger partial charge on any atom is 0.319 e. The first-order valence-electron chi connectivity index (χ1n) is 3.66. The van der Waals surface area contributed by atoms with E-state index < -0.39 is 23.7 Å². The molecule has 1 aliphatic carbocycles. The number of rotatable bonds is 1. The first kappa shape index (κ1) is 9.55. The van der Waals surface area contributed by atoms with Crippen molar-refractivity contribution >= 4 is 0 Å². The molecule has 1 saturated carbocycles. The van der Waals surface area contributed by atoms with E-state index in [2.05, 4.69) is 0 Å². The summed E-state index contributed by atoms with van der Waals surface area (Å²) in [6.07, 6.45) is 1.75. The van der Waals surface area contributed by atoms with E-state index in [1.54, 1.807) is 0 Å². The second-order valence-corrected chi connectivity index (χ2v) is 3.37. The van der Waals surface area contributed by atoms with Crippen LogP contribution >= 0.6 is 0 Å². The zero-order valence-corrected chi connectivity index (χ0v) is 6.87. The van der Waals surface area contributed by atoms with E-state index in [0.717, 1.165) is 13.0 Å². The fourth-order valence-corrected chi connectivity index (χ4v) is 1.53. The largest absolute Gasteiger partial charge is 0.319 e. The second-order valence-electron chi connectivity index (χ2n) is 3.37. The molecule has 0 aromatic rings. The lowest BCUT2D eigenvalue weighted by atomic mass is 9.63. The maximum atomic E-state index is 12.8. The third-order valence-electron chi connectivity index (χ3n) is 2.30. The molecule has 1 rings (SSSR count). The molecule has 0 aromatic carbocycles. The lowest BCUT2D eigenvalue weighted by molar-refractivity contribution is -0.337. The van der Waals surface area contributed by atoms with Gasteiger partial charge in [0, 0.05) is 6.42 Å². The molecule has 12 heavy (non-hydrogen) atoms. The van der Waals surface area contributed by atoms with Crippen LogP contribution in [0, 0.1) is 5.41 Å². The average molecular weight is 182 g/mol. The smallest absolute Gasteiger partial charge is 0.200 e. The Hall–Kier alpha value is -0.540. The third kappa shape index (κ3) is 0.898. The van der Waals surface area contributed by atoms with Crippen LogP contribution in [-0.2, 0) is 0 Å². The molecule has 0 bridgehead atoms. The molecule has 4 heteroatoms. The molecule has 0 nitrogen and oxygen atoms in total. The van der Waals surface area contributed by atoms with E-state index in [1.165, 1.54) is 13.0 Å². The minimum absolute atomic E-state index is 0.767. The molecular formula is C8H10F4. The van der Waals surface area contributed by atoms with Crippen LogP contribution in [0.5, 0.6) is 0 Å². The van der Waals surface area contributed by atoms with E-state index in [4.69, 9.17) is 0 Å². The van der Waals surface area contributed by atoms with Crippen molar-refractivity contribution < 1.29 is 17.6 Å². The van der Waals surface area contributed by atoms with Gasteiger partial charge in [-0.15, -0.1) is 0 Å². The quantitative estimate of drug-likeness (QED) is 0.431. The zero-order valence-electron chi connectivity index (χ0n) is 6.87. The standard InChI is InChI=1S/C8H10F4/c1-3-4-6(2)5-7(9,10)8(6,11)12/h3-4H,5H2,1-2H3. The molecule has 0 aliphatic heterocycles. The van der Waals surface area contributed by atoms with Gasteiger partial charge in [0.1, 0.15) is 0 Å². The Labute approximate surface area is 68.3 Å². The van der Waals surface area contributed by atoms with Gasteiger partial charge >= 0.3 is 11.8 Å². The summed E-state index contributed by atoms with van der Waals surface area (Å²) in [5.41, 5.74) is -1.66. The fourth-order valence-electron chi connectivity index (χ4n) is 1.53. The molecule has 70 valence electrons. The molecule has 0 radical (unpaired) electrons. The van der Waals surface area contributed by atoms with Crippen molar-refractivity contribution in [2.24, 2.45) is 5.41 Å². The number of alkyl halides is 4. The average Bonchev–Trinajstić information content (AvgIpc) is 1.86. The summed E-state index contributed by atoms with van der Waals surface area (Å²) in [6.45, 7) is 2.68. The Morgan fingerprint density at radius 3 is 1.92 bits per heavy atom. The van der Waals surface area contributed by atoms with Crippen LogP contribution in [0.1, 0.15) is 20.3 Å². The first-order valence-corrected chi connectivity index (χ1v) is 3.66. The number of allylic oxidation sites excluding steroid dienone is 2. The molecule has 1 aliphatic rings. The molecule has 0 N–H and O–H groups in total. The van der Waals surface area contributed by atoms with Gasteiger partial charge in [0.2, 0.25) is 0 Å². The van der Waals surface area contributed by atoms with Crippen molar-refractivity contribution in [3.05, 3.63) is 12.2 Å². The van der Waals surface area contributed by atoms with Crippen molar-refractivity contribution in [2.45, 2.75) is 32.1 Å². The summed E-state index contributed by atoms with van der Waals surface area (Å²) in [6, 6.07) is 0. The molecule has 1 atom stereocenters. The highest BCUT2D eigenvalue weighted by atomic mass is 19.3. The van der Waals surface area contributed by atoms with E-state index in [-0.39, 0.29) is 0 Å². The second kappa shape index (κ2) is 2.24. The molecule has 0 aromatic heterocycles. The lowest BCUT2D eigenvalue weighted by Gasteiger charge is -2.50. The van der Waals surface area contributed by atoms with Crippen LogP contribution in [0.2, 0.25) is 0 Å². The highest BCUT2D eigenvalue weighted by Crippen LogP contribution is 2.63. The third-order valence-corrected chi connectivity index (χ3v) is 2.30. The van der Waals surface area contributed by atoms with Crippen molar-refractivity contribution in [3.8, 4) is 0 Å². The van der Waals surface area contributed by atoms with Gasteiger partial charge in [0.25, 0.3) is 0 Å². The Kier molecular flexibility index (Phi) is 1.78. The topological polar surface area (TPSA) is 0 Å². The molecule has 1 unspecified atom stereocenters. The van der Waals surface area contributed by atoms with Crippen LogP contribution < -0.4 is 0 Å². The molecular weight excluding hydrogens is 172 g/mol. The Morgan fingerprint density at radius 1 is 1.17 bits per heavy atom. The highest BCUT2D eigenvalue weighted by Gasteiger charge is 2.77. The predicted octanol–water partition coefficient (Wildman–Crippen LogP) is 3.24. The van der Waals surface area contributed by atoms with E-state index in [1.807, 2.05) is 0 Å². The molecule has 0 spiro atoms. The van der Waals surface area contributed by atoms with Crippen LogP contribution in [-0.4, -0.2) is 11.8 Å². The van der Waals surface area contributed by atoms with Crippen molar-refractivity contribution in [2.75, 3.05) is 0 Å². The zero-order chi connectivity index (χ0) is 9.62. The minimum atomic E-state index is -3.90. The lowest BCUT2D eigenvalue weighted by Crippen LogP contribution is -2.64. The Morgan fingerprint density at radius 2 is 1.67 bits per heavy atom. The number of hydrogen-bond acceptors (Lipinski definition) is 0. The summed E-state index contributed by atoms with van der Waals surface area (Å²) in [5.74, 6) is -7.73. The van der Waals surface area contributed by atoms with Crippen molar-refractivity contribution in [1.29, 1.82) is 0 Å². The van der Waals surface area contributed by atoms with Gasteiger partial charge in [-0.1, -0.05) is 12.2 Å². The Bertz CT molecular complexity index is 219. The van der Waals surface area contributed by atoms with E-state index in [0.29, 0.717) is 0 Å². The predicted molar refractivity (Wildman–Crippen MR) is 37.4 cm³/mol. The normalized spacial score (nSPS) is 38.2. The monoisotopic (exact) mass is 182 g/mol. The Balaban J connectivity index is 2.90. The SMILES string of the molecule is CC=CC1(C)CC(F)(F)C1(F)F. The molecule has 0 saturated heterocycles. The van der Waals surface area contributed by atoms with Gasteiger partial charge in [0.05, 0.1) is 5.41 Å². The van der Waals surface area contributed by atoms with E-state index >= 15 is 0 Å². The van der Waals surface area contributed by atoms with Gasteiger partial charge in [0.15, 0.2) is 0 Å². The van der Waals surface area contributed by atoms with Crippen molar-refractivity contribution in [3.63, 3.8) is 0 Å². The van der Waals surface area contributed by atoms with Crippen LogP contribution in [0.4, 0.5) is 17.6 Å². The van der Waals surface area contributed by atoms with Gasteiger partial charge in [-0.25, -0.2) is 0 Å². The van der Waals surface area contributed by atoms with Crippen LogP contribution in [0.25, 0.3) is 0 Å². The fraction of sp³-hybridized carbons (Fsp3) is 0.750. The highest BCUT2D eigenvalue weighted by molar-refractivity contribution is 5.19. The van der Waals surface area contributed by atoms with E-state index in [9.17, 15) is 17.6 Å². The summed E-state index contributed by atoms with van der Waals surface area (Å²) in [7, 11) is 0. The number of hydrogen-bond donors (Lipinski definition) is 0.